The van der Waals surface area contributed by atoms with Gasteiger partial charge in [0.05, 0.1) is 10.8 Å². The number of amides is 2. The molecule has 0 saturated carbocycles. The van der Waals surface area contributed by atoms with Crippen molar-refractivity contribution in [1.29, 1.82) is 0 Å². The summed E-state index contributed by atoms with van der Waals surface area (Å²) in [6.45, 7) is 3.72. The van der Waals surface area contributed by atoms with Crippen molar-refractivity contribution < 1.29 is 18.0 Å². The van der Waals surface area contributed by atoms with Gasteiger partial charge in [-0.2, -0.15) is 0 Å². The quantitative estimate of drug-likeness (QED) is 0.563. The van der Waals surface area contributed by atoms with Gasteiger partial charge < -0.3 is 10.2 Å². The standard InChI is InChI=1S/C23H28ClN3O4S/c1-2-3-14-25-22(28)18-5-4-15-27(16-18)23(29)17-6-10-20(11-7-17)26-32(30,31)21-12-8-19(24)9-13-21/h6-13,18,26H,2-5,14-16H2,1H3,(H,25,28). The minimum atomic E-state index is -3.76. The summed E-state index contributed by atoms with van der Waals surface area (Å²) in [6, 6.07) is 12.2. The van der Waals surface area contributed by atoms with Crippen LogP contribution in [0.15, 0.2) is 53.4 Å². The van der Waals surface area contributed by atoms with Crippen LogP contribution in [0.5, 0.6) is 0 Å². The Morgan fingerprint density at radius 3 is 2.44 bits per heavy atom. The normalized spacial score (nSPS) is 16.4. The van der Waals surface area contributed by atoms with Gasteiger partial charge in [0.2, 0.25) is 5.91 Å². The molecular formula is C23H28ClN3O4S. The second kappa shape index (κ2) is 10.8. The van der Waals surface area contributed by atoms with Gasteiger partial charge in [-0.1, -0.05) is 24.9 Å². The Balaban J connectivity index is 1.62. The largest absolute Gasteiger partial charge is 0.356 e. The minimum absolute atomic E-state index is 0.00269. The molecule has 0 bridgehead atoms. The second-order valence-corrected chi connectivity index (χ2v) is 9.99. The maximum absolute atomic E-state index is 12.9. The van der Waals surface area contributed by atoms with Crippen LogP contribution in [0.3, 0.4) is 0 Å². The van der Waals surface area contributed by atoms with Gasteiger partial charge in [0.15, 0.2) is 0 Å². The van der Waals surface area contributed by atoms with Crippen LogP contribution in [-0.2, 0) is 14.8 Å². The van der Waals surface area contributed by atoms with Crippen LogP contribution >= 0.6 is 11.6 Å². The second-order valence-electron chi connectivity index (χ2n) is 7.87. The molecule has 3 rings (SSSR count). The predicted molar refractivity (Wildman–Crippen MR) is 125 cm³/mol. The van der Waals surface area contributed by atoms with Gasteiger partial charge in [0, 0.05) is 35.9 Å². The number of rotatable bonds is 8. The molecule has 0 spiro atoms. The van der Waals surface area contributed by atoms with E-state index in [1.54, 1.807) is 29.2 Å². The van der Waals surface area contributed by atoms with E-state index >= 15 is 0 Å². The molecule has 7 nitrogen and oxygen atoms in total. The Morgan fingerprint density at radius 2 is 1.78 bits per heavy atom. The third kappa shape index (κ3) is 6.23. The van der Waals surface area contributed by atoms with Crippen LogP contribution in [0.2, 0.25) is 5.02 Å². The molecule has 1 saturated heterocycles. The van der Waals surface area contributed by atoms with Crippen molar-refractivity contribution in [3.63, 3.8) is 0 Å². The molecule has 1 aliphatic rings. The van der Waals surface area contributed by atoms with Crippen molar-refractivity contribution in [3.8, 4) is 0 Å². The molecule has 2 aromatic carbocycles. The van der Waals surface area contributed by atoms with E-state index in [1.807, 2.05) is 0 Å². The maximum atomic E-state index is 12.9. The van der Waals surface area contributed by atoms with Crippen LogP contribution in [-0.4, -0.2) is 44.8 Å². The fraction of sp³-hybridized carbons (Fsp3) is 0.391. The summed E-state index contributed by atoms with van der Waals surface area (Å²) in [5, 5.41) is 3.40. The first-order valence-corrected chi connectivity index (χ1v) is 12.6. The number of piperidine rings is 1. The third-order valence-electron chi connectivity index (χ3n) is 5.42. The number of anilines is 1. The molecule has 1 aliphatic heterocycles. The number of halogens is 1. The molecule has 32 heavy (non-hydrogen) atoms. The predicted octanol–water partition coefficient (Wildman–Crippen LogP) is 3.91. The Morgan fingerprint density at radius 1 is 1.09 bits per heavy atom. The van der Waals surface area contributed by atoms with Gasteiger partial charge in [0.1, 0.15) is 0 Å². The van der Waals surface area contributed by atoms with Crippen LogP contribution in [0, 0.1) is 5.92 Å². The Kier molecular flexibility index (Phi) is 8.15. The van der Waals surface area contributed by atoms with E-state index in [0.29, 0.717) is 35.9 Å². The highest BCUT2D eigenvalue weighted by Crippen LogP contribution is 2.22. The Hall–Kier alpha value is -2.58. The van der Waals surface area contributed by atoms with Gasteiger partial charge in [-0.05, 0) is 67.8 Å². The number of carbonyl (C=O) groups is 2. The zero-order valence-corrected chi connectivity index (χ0v) is 19.6. The topological polar surface area (TPSA) is 95.6 Å². The number of likely N-dealkylation sites (tertiary alicyclic amines) is 1. The van der Waals surface area contributed by atoms with E-state index in [4.69, 9.17) is 11.6 Å². The molecule has 2 amide bonds. The molecule has 1 atom stereocenters. The average molecular weight is 478 g/mol. The molecule has 1 heterocycles. The lowest BCUT2D eigenvalue weighted by Gasteiger charge is -2.32. The summed E-state index contributed by atoms with van der Waals surface area (Å²) < 4.78 is 27.5. The summed E-state index contributed by atoms with van der Waals surface area (Å²) in [4.78, 5) is 27.1. The molecule has 0 aromatic heterocycles. The lowest BCUT2D eigenvalue weighted by Crippen LogP contribution is -2.45. The summed E-state index contributed by atoms with van der Waals surface area (Å²) >= 11 is 5.81. The molecule has 9 heteroatoms. The van der Waals surface area contributed by atoms with E-state index in [0.717, 1.165) is 25.7 Å². The number of hydrogen-bond acceptors (Lipinski definition) is 4. The number of benzene rings is 2. The summed E-state index contributed by atoms with van der Waals surface area (Å²) in [6.07, 6.45) is 3.50. The first kappa shape index (κ1) is 24.1. The lowest BCUT2D eigenvalue weighted by molar-refractivity contribution is -0.126. The number of nitrogens with one attached hydrogen (secondary N) is 2. The number of unbranched alkanes of at least 4 members (excludes halogenated alkanes) is 1. The average Bonchev–Trinajstić information content (AvgIpc) is 2.79. The molecule has 1 fully saturated rings. The van der Waals surface area contributed by atoms with Gasteiger partial charge in [-0.25, -0.2) is 8.42 Å². The highest BCUT2D eigenvalue weighted by molar-refractivity contribution is 7.92. The van der Waals surface area contributed by atoms with Crippen LogP contribution in [0.1, 0.15) is 43.0 Å². The smallest absolute Gasteiger partial charge is 0.261 e. The molecular weight excluding hydrogens is 450 g/mol. The number of hydrogen-bond donors (Lipinski definition) is 2. The summed E-state index contributed by atoms with van der Waals surface area (Å²) in [5.74, 6) is -0.360. The van der Waals surface area contributed by atoms with Gasteiger partial charge in [-0.15, -0.1) is 0 Å². The fourth-order valence-corrected chi connectivity index (χ4v) is 4.78. The Bertz CT molecular complexity index is 1040. The van der Waals surface area contributed by atoms with Gasteiger partial charge in [0.25, 0.3) is 15.9 Å². The van der Waals surface area contributed by atoms with Crippen molar-refractivity contribution in [2.24, 2.45) is 5.92 Å². The number of sulfonamides is 1. The van der Waals surface area contributed by atoms with Crippen molar-refractivity contribution in [2.45, 2.75) is 37.5 Å². The minimum Gasteiger partial charge on any atom is -0.356 e. The fourth-order valence-electron chi connectivity index (χ4n) is 3.60. The first-order chi connectivity index (χ1) is 15.3. The molecule has 1 unspecified atom stereocenters. The van der Waals surface area contributed by atoms with Crippen LogP contribution in [0.4, 0.5) is 5.69 Å². The molecule has 2 N–H and O–H groups in total. The molecule has 172 valence electrons. The third-order valence-corrected chi connectivity index (χ3v) is 7.07. The monoisotopic (exact) mass is 477 g/mol. The van der Waals surface area contributed by atoms with Gasteiger partial charge in [-0.3, -0.25) is 14.3 Å². The number of nitrogens with zero attached hydrogens (tertiary/aromatic N) is 1. The van der Waals surface area contributed by atoms with Gasteiger partial charge >= 0.3 is 0 Å². The highest BCUT2D eigenvalue weighted by atomic mass is 35.5. The van der Waals surface area contributed by atoms with Crippen molar-refractivity contribution in [1.82, 2.24) is 10.2 Å². The van der Waals surface area contributed by atoms with E-state index in [-0.39, 0.29) is 22.6 Å². The number of carbonyl (C=O) groups excluding carboxylic acids is 2. The zero-order chi connectivity index (χ0) is 23.1. The summed E-state index contributed by atoms with van der Waals surface area (Å²) in [7, 11) is -3.76. The summed E-state index contributed by atoms with van der Waals surface area (Å²) in [5.41, 5.74) is 0.801. The molecule has 0 radical (unpaired) electrons. The Labute approximate surface area is 194 Å². The van der Waals surface area contributed by atoms with Crippen molar-refractivity contribution in [2.75, 3.05) is 24.4 Å². The first-order valence-electron chi connectivity index (χ1n) is 10.8. The van der Waals surface area contributed by atoms with E-state index in [2.05, 4.69) is 17.0 Å². The lowest BCUT2D eigenvalue weighted by atomic mass is 9.96. The van der Waals surface area contributed by atoms with E-state index in [1.165, 1.54) is 24.3 Å². The van der Waals surface area contributed by atoms with Crippen LogP contribution < -0.4 is 10.0 Å². The SMILES string of the molecule is CCCCNC(=O)C1CCCN(C(=O)c2ccc(NS(=O)(=O)c3ccc(Cl)cc3)cc2)C1. The van der Waals surface area contributed by atoms with Crippen LogP contribution in [0.25, 0.3) is 0 Å². The van der Waals surface area contributed by atoms with E-state index in [9.17, 15) is 18.0 Å². The highest BCUT2D eigenvalue weighted by Gasteiger charge is 2.28. The molecule has 0 aliphatic carbocycles. The van der Waals surface area contributed by atoms with Crippen molar-refractivity contribution >= 4 is 39.1 Å². The van der Waals surface area contributed by atoms with Crippen molar-refractivity contribution in [3.05, 3.63) is 59.1 Å². The molecule has 2 aromatic rings. The maximum Gasteiger partial charge on any atom is 0.261 e. The zero-order valence-electron chi connectivity index (χ0n) is 18.0. The van der Waals surface area contributed by atoms with E-state index < -0.39 is 10.0 Å².